The minimum Gasteiger partial charge on any atom is -0.386 e. The zero-order valence-corrected chi connectivity index (χ0v) is 7.01. The highest BCUT2D eigenvalue weighted by Gasteiger charge is 1.75. The standard InChI is InChI=1S/C10H15N/c1-4-5-6-7-8-9-11-10(2)3/h4-8,11H,1-2,9H2,3H3/b6-5-,8-7+. The van der Waals surface area contributed by atoms with Gasteiger partial charge in [0.1, 0.15) is 0 Å². The molecule has 0 amide bonds. The summed E-state index contributed by atoms with van der Waals surface area (Å²) in [7, 11) is 0. The van der Waals surface area contributed by atoms with E-state index in [0.717, 1.165) is 12.2 Å². The Bertz CT molecular complexity index is 175. The molecule has 0 aliphatic rings. The van der Waals surface area contributed by atoms with Gasteiger partial charge in [-0.25, -0.2) is 0 Å². The number of rotatable bonds is 5. The van der Waals surface area contributed by atoms with Gasteiger partial charge in [0.25, 0.3) is 0 Å². The fraction of sp³-hybridized carbons (Fsp3) is 0.200. The Morgan fingerprint density at radius 1 is 1.36 bits per heavy atom. The SMILES string of the molecule is C=C/C=C\C=C\CNC(=C)C. The molecule has 0 aliphatic heterocycles. The summed E-state index contributed by atoms with van der Waals surface area (Å²) in [5, 5.41) is 3.08. The smallest absolute Gasteiger partial charge is 0.0330 e. The highest BCUT2D eigenvalue weighted by atomic mass is 14.8. The molecule has 0 spiro atoms. The van der Waals surface area contributed by atoms with Crippen molar-refractivity contribution in [1.29, 1.82) is 0 Å². The van der Waals surface area contributed by atoms with Crippen LogP contribution in [-0.4, -0.2) is 6.54 Å². The van der Waals surface area contributed by atoms with Crippen molar-refractivity contribution < 1.29 is 0 Å². The predicted octanol–water partition coefficient (Wildman–Crippen LogP) is 2.41. The summed E-state index contributed by atoms with van der Waals surface area (Å²) in [4.78, 5) is 0. The van der Waals surface area contributed by atoms with Gasteiger partial charge in [-0.1, -0.05) is 43.5 Å². The summed E-state index contributed by atoms with van der Waals surface area (Å²) in [6.07, 6.45) is 9.56. The number of allylic oxidation sites excluding steroid dienone is 5. The van der Waals surface area contributed by atoms with E-state index in [1.54, 1.807) is 6.08 Å². The van der Waals surface area contributed by atoms with Crippen molar-refractivity contribution in [3.63, 3.8) is 0 Å². The fourth-order valence-electron chi connectivity index (χ4n) is 0.522. The molecule has 0 aromatic heterocycles. The van der Waals surface area contributed by atoms with Crippen LogP contribution in [0.1, 0.15) is 6.92 Å². The first kappa shape index (κ1) is 9.76. The van der Waals surface area contributed by atoms with E-state index < -0.39 is 0 Å². The Kier molecular flexibility index (Phi) is 6.10. The molecule has 0 atom stereocenters. The van der Waals surface area contributed by atoms with Crippen LogP contribution in [-0.2, 0) is 0 Å². The Morgan fingerprint density at radius 3 is 2.64 bits per heavy atom. The first-order chi connectivity index (χ1) is 5.27. The fourth-order valence-corrected chi connectivity index (χ4v) is 0.522. The third kappa shape index (κ3) is 8.76. The van der Waals surface area contributed by atoms with Crippen LogP contribution in [0.3, 0.4) is 0 Å². The van der Waals surface area contributed by atoms with Gasteiger partial charge < -0.3 is 5.32 Å². The molecule has 0 unspecified atom stereocenters. The van der Waals surface area contributed by atoms with Gasteiger partial charge >= 0.3 is 0 Å². The van der Waals surface area contributed by atoms with Crippen LogP contribution in [0.5, 0.6) is 0 Å². The van der Waals surface area contributed by atoms with Crippen molar-refractivity contribution in [3.05, 3.63) is 49.2 Å². The Hall–Kier alpha value is -1.24. The molecule has 0 fully saturated rings. The molecule has 1 nitrogen and oxygen atoms in total. The average molecular weight is 149 g/mol. The molecule has 11 heavy (non-hydrogen) atoms. The lowest BCUT2D eigenvalue weighted by atomic mass is 10.4. The Balaban J connectivity index is 3.37. The first-order valence-corrected chi connectivity index (χ1v) is 3.61. The van der Waals surface area contributed by atoms with Gasteiger partial charge in [0.2, 0.25) is 0 Å². The molecule has 0 bridgehead atoms. The third-order valence-electron chi connectivity index (χ3n) is 1.02. The van der Waals surface area contributed by atoms with E-state index in [1.165, 1.54) is 0 Å². The second-order valence-corrected chi connectivity index (χ2v) is 2.21. The molecule has 1 N–H and O–H groups in total. The van der Waals surface area contributed by atoms with Crippen molar-refractivity contribution in [1.82, 2.24) is 5.32 Å². The van der Waals surface area contributed by atoms with Gasteiger partial charge in [-0.05, 0) is 6.92 Å². The second-order valence-electron chi connectivity index (χ2n) is 2.21. The van der Waals surface area contributed by atoms with Crippen LogP contribution in [0.15, 0.2) is 49.2 Å². The lowest BCUT2D eigenvalue weighted by Gasteiger charge is -1.97. The second kappa shape index (κ2) is 6.87. The summed E-state index contributed by atoms with van der Waals surface area (Å²) < 4.78 is 0. The Morgan fingerprint density at radius 2 is 2.09 bits per heavy atom. The van der Waals surface area contributed by atoms with Crippen molar-refractivity contribution >= 4 is 0 Å². The normalized spacial score (nSPS) is 10.6. The van der Waals surface area contributed by atoms with Gasteiger partial charge in [0.15, 0.2) is 0 Å². The molecule has 0 radical (unpaired) electrons. The highest BCUT2D eigenvalue weighted by molar-refractivity contribution is 5.09. The Labute approximate surface area is 68.8 Å². The molecule has 0 saturated carbocycles. The quantitative estimate of drug-likeness (QED) is 0.592. The third-order valence-corrected chi connectivity index (χ3v) is 1.02. The van der Waals surface area contributed by atoms with Crippen molar-refractivity contribution in [2.45, 2.75) is 6.92 Å². The van der Waals surface area contributed by atoms with Crippen LogP contribution in [0.2, 0.25) is 0 Å². The summed E-state index contributed by atoms with van der Waals surface area (Å²) in [6.45, 7) is 10.0. The maximum absolute atomic E-state index is 3.71. The summed E-state index contributed by atoms with van der Waals surface area (Å²) >= 11 is 0. The van der Waals surface area contributed by atoms with E-state index in [9.17, 15) is 0 Å². The van der Waals surface area contributed by atoms with Crippen LogP contribution in [0.25, 0.3) is 0 Å². The number of nitrogens with one attached hydrogen (secondary N) is 1. The largest absolute Gasteiger partial charge is 0.386 e. The molecule has 1 heteroatoms. The summed E-state index contributed by atoms with van der Waals surface area (Å²) in [5.41, 5.74) is 0.988. The zero-order chi connectivity index (χ0) is 8.53. The molecule has 0 aromatic carbocycles. The molecule has 0 heterocycles. The van der Waals surface area contributed by atoms with Gasteiger partial charge in [0.05, 0.1) is 0 Å². The topological polar surface area (TPSA) is 12.0 Å². The molecular weight excluding hydrogens is 134 g/mol. The van der Waals surface area contributed by atoms with E-state index >= 15 is 0 Å². The van der Waals surface area contributed by atoms with E-state index in [2.05, 4.69) is 18.5 Å². The van der Waals surface area contributed by atoms with E-state index in [4.69, 9.17) is 0 Å². The van der Waals surface area contributed by atoms with E-state index in [1.807, 2.05) is 31.2 Å². The highest BCUT2D eigenvalue weighted by Crippen LogP contribution is 1.80. The minimum atomic E-state index is 0.830. The minimum absolute atomic E-state index is 0.830. The molecule has 0 rings (SSSR count). The lowest BCUT2D eigenvalue weighted by Crippen LogP contribution is -2.08. The number of hydrogen-bond acceptors (Lipinski definition) is 1. The van der Waals surface area contributed by atoms with Gasteiger partial charge in [-0.2, -0.15) is 0 Å². The molecule has 0 saturated heterocycles. The van der Waals surface area contributed by atoms with Crippen molar-refractivity contribution in [2.24, 2.45) is 0 Å². The average Bonchev–Trinajstić information content (AvgIpc) is 1.96. The van der Waals surface area contributed by atoms with Gasteiger partial charge in [0, 0.05) is 12.2 Å². The zero-order valence-electron chi connectivity index (χ0n) is 7.01. The van der Waals surface area contributed by atoms with E-state index in [-0.39, 0.29) is 0 Å². The van der Waals surface area contributed by atoms with Crippen LogP contribution < -0.4 is 5.32 Å². The van der Waals surface area contributed by atoms with Crippen LogP contribution in [0, 0.1) is 0 Å². The maximum Gasteiger partial charge on any atom is 0.0330 e. The summed E-state index contributed by atoms with van der Waals surface area (Å²) in [6, 6.07) is 0. The maximum atomic E-state index is 3.71. The van der Waals surface area contributed by atoms with Crippen molar-refractivity contribution in [2.75, 3.05) is 6.54 Å². The molecular formula is C10H15N. The first-order valence-electron chi connectivity index (χ1n) is 3.61. The molecule has 60 valence electrons. The predicted molar refractivity (Wildman–Crippen MR) is 51.3 cm³/mol. The lowest BCUT2D eigenvalue weighted by molar-refractivity contribution is 0.910. The van der Waals surface area contributed by atoms with Crippen LogP contribution in [0.4, 0.5) is 0 Å². The van der Waals surface area contributed by atoms with E-state index in [0.29, 0.717) is 0 Å². The summed E-state index contributed by atoms with van der Waals surface area (Å²) in [5.74, 6) is 0. The molecule has 0 aliphatic carbocycles. The van der Waals surface area contributed by atoms with Crippen LogP contribution >= 0.6 is 0 Å². The number of hydrogen-bond donors (Lipinski definition) is 1. The van der Waals surface area contributed by atoms with Gasteiger partial charge in [-0.3, -0.25) is 0 Å². The molecule has 0 aromatic rings. The van der Waals surface area contributed by atoms with Crippen molar-refractivity contribution in [3.8, 4) is 0 Å². The monoisotopic (exact) mass is 149 g/mol. The van der Waals surface area contributed by atoms with Gasteiger partial charge in [-0.15, -0.1) is 0 Å².